The van der Waals surface area contributed by atoms with Crippen LogP contribution >= 0.6 is 0 Å². The number of ether oxygens (including phenoxy) is 1. The second-order valence-electron chi connectivity index (χ2n) is 7.30. The molecule has 3 rings (SSSR count). The summed E-state index contributed by atoms with van der Waals surface area (Å²) in [6.07, 6.45) is 0.575. The van der Waals surface area contributed by atoms with Crippen molar-refractivity contribution in [1.82, 2.24) is 14.9 Å². The van der Waals surface area contributed by atoms with Crippen LogP contribution in [0, 0.1) is 0 Å². The molecule has 2 aromatic carbocycles. The average molecular weight is 444 g/mol. The average Bonchev–Trinajstić information content (AvgIpc) is 3.25. The number of aryl methyl sites for hydroxylation is 1. The molecule has 0 bridgehead atoms. The van der Waals surface area contributed by atoms with Gasteiger partial charge in [-0.1, -0.05) is 55.4 Å². The normalized spacial score (nSPS) is 11.6. The first-order chi connectivity index (χ1) is 14.8. The minimum absolute atomic E-state index is 0.102. The number of rotatable bonds is 9. The van der Waals surface area contributed by atoms with Crippen LogP contribution < -0.4 is 4.72 Å². The topological polar surface area (TPSA) is 111 Å². The zero-order chi connectivity index (χ0) is 22.4. The predicted octanol–water partition coefficient (Wildman–Crippen LogP) is 3.44. The van der Waals surface area contributed by atoms with Gasteiger partial charge in [0.2, 0.25) is 15.8 Å². The zero-order valence-electron chi connectivity index (χ0n) is 17.7. The molecule has 0 atom stereocenters. The third-order valence-electron chi connectivity index (χ3n) is 4.78. The van der Waals surface area contributed by atoms with E-state index in [0.29, 0.717) is 18.2 Å². The summed E-state index contributed by atoms with van der Waals surface area (Å²) in [6.45, 7) is 4.15. The summed E-state index contributed by atoms with van der Waals surface area (Å²) in [4.78, 5) is 16.5. The van der Waals surface area contributed by atoms with Crippen molar-refractivity contribution < 1.29 is 22.5 Å². The summed E-state index contributed by atoms with van der Waals surface area (Å²) in [5.74, 6) is 0.692. The highest BCUT2D eigenvalue weighted by molar-refractivity contribution is 7.89. The van der Waals surface area contributed by atoms with Crippen molar-refractivity contribution in [3.05, 3.63) is 65.5 Å². The van der Waals surface area contributed by atoms with E-state index in [-0.39, 0.29) is 23.8 Å². The van der Waals surface area contributed by atoms with Gasteiger partial charge in [-0.05, 0) is 42.6 Å². The lowest BCUT2D eigenvalue weighted by atomic mass is 10.0. The van der Waals surface area contributed by atoms with Gasteiger partial charge in [0.05, 0.1) is 4.90 Å². The molecule has 0 spiro atoms. The molecule has 31 heavy (non-hydrogen) atoms. The van der Waals surface area contributed by atoms with Crippen LogP contribution in [-0.4, -0.2) is 31.6 Å². The van der Waals surface area contributed by atoms with E-state index >= 15 is 0 Å². The molecule has 0 aliphatic heterocycles. The van der Waals surface area contributed by atoms with Gasteiger partial charge in [-0.3, -0.25) is 4.79 Å². The molecular weight excluding hydrogens is 418 g/mol. The van der Waals surface area contributed by atoms with Crippen molar-refractivity contribution in [1.29, 1.82) is 0 Å². The number of hydrogen-bond acceptors (Lipinski definition) is 7. The highest BCUT2D eigenvalue weighted by Gasteiger charge is 2.13. The quantitative estimate of drug-likeness (QED) is 0.504. The highest BCUT2D eigenvalue weighted by Crippen LogP contribution is 2.20. The molecule has 3 aromatic rings. The Morgan fingerprint density at radius 2 is 1.77 bits per heavy atom. The maximum absolute atomic E-state index is 12.0. The summed E-state index contributed by atoms with van der Waals surface area (Å²) < 4.78 is 36.1. The van der Waals surface area contributed by atoms with Gasteiger partial charge in [-0.15, -0.1) is 0 Å². The summed E-state index contributed by atoms with van der Waals surface area (Å²) in [6, 6.07) is 14.3. The van der Waals surface area contributed by atoms with Crippen molar-refractivity contribution in [3.63, 3.8) is 0 Å². The predicted molar refractivity (Wildman–Crippen MR) is 115 cm³/mol. The second kappa shape index (κ2) is 9.84. The van der Waals surface area contributed by atoms with Crippen molar-refractivity contribution in [2.75, 3.05) is 7.05 Å². The standard InChI is InChI=1S/C22H25N3O5S/c1-15(2)17-7-9-18(10-8-17)22-24-20(30-25-22)14-29-21(26)13-6-16-4-11-19(12-5-16)31(27,28)23-3/h4-5,7-12,15,23H,6,13-14H2,1-3H3. The molecule has 0 amide bonds. The third-order valence-corrected chi connectivity index (χ3v) is 6.21. The monoisotopic (exact) mass is 443 g/mol. The van der Waals surface area contributed by atoms with Gasteiger partial charge in [0.15, 0.2) is 6.61 Å². The summed E-state index contributed by atoms with van der Waals surface area (Å²) in [7, 11) is -2.12. The Labute approximate surface area is 181 Å². The Morgan fingerprint density at radius 1 is 1.10 bits per heavy atom. The molecule has 1 aromatic heterocycles. The lowest BCUT2D eigenvalue weighted by Crippen LogP contribution is -2.18. The summed E-state index contributed by atoms with van der Waals surface area (Å²) in [5, 5.41) is 3.94. The van der Waals surface area contributed by atoms with Gasteiger partial charge >= 0.3 is 5.97 Å². The molecule has 0 aliphatic carbocycles. The number of carbonyl (C=O) groups excluding carboxylic acids is 1. The first-order valence-corrected chi connectivity index (χ1v) is 11.4. The number of benzene rings is 2. The van der Waals surface area contributed by atoms with E-state index in [1.54, 1.807) is 12.1 Å². The van der Waals surface area contributed by atoms with Crippen LogP contribution in [0.1, 0.15) is 43.2 Å². The Morgan fingerprint density at radius 3 is 2.39 bits per heavy atom. The number of aromatic nitrogens is 2. The van der Waals surface area contributed by atoms with E-state index < -0.39 is 16.0 Å². The van der Waals surface area contributed by atoms with Gasteiger partial charge in [-0.2, -0.15) is 4.98 Å². The number of hydrogen-bond donors (Lipinski definition) is 1. The zero-order valence-corrected chi connectivity index (χ0v) is 18.5. The summed E-state index contributed by atoms with van der Waals surface area (Å²) >= 11 is 0. The molecule has 8 nitrogen and oxygen atoms in total. The number of sulfonamides is 1. The molecule has 164 valence electrons. The van der Waals surface area contributed by atoms with E-state index in [0.717, 1.165) is 11.1 Å². The fourth-order valence-corrected chi connectivity index (χ4v) is 3.59. The van der Waals surface area contributed by atoms with Gasteiger partial charge in [0.25, 0.3) is 5.89 Å². The van der Waals surface area contributed by atoms with Crippen LogP contribution in [-0.2, 0) is 32.6 Å². The first-order valence-electron chi connectivity index (χ1n) is 9.89. The van der Waals surface area contributed by atoms with E-state index in [1.165, 1.54) is 24.7 Å². The van der Waals surface area contributed by atoms with Crippen molar-refractivity contribution in [2.24, 2.45) is 0 Å². The molecule has 1 heterocycles. The smallest absolute Gasteiger partial charge is 0.306 e. The second-order valence-corrected chi connectivity index (χ2v) is 9.19. The maximum atomic E-state index is 12.0. The van der Waals surface area contributed by atoms with Gasteiger partial charge in [-0.25, -0.2) is 13.1 Å². The fraction of sp³-hybridized carbons (Fsp3) is 0.318. The van der Waals surface area contributed by atoms with Crippen molar-refractivity contribution in [2.45, 2.75) is 44.1 Å². The number of esters is 1. The van der Waals surface area contributed by atoms with Crippen LogP contribution in [0.4, 0.5) is 0 Å². The molecule has 9 heteroatoms. The number of nitrogens with zero attached hydrogens (tertiary/aromatic N) is 2. The number of nitrogens with one attached hydrogen (secondary N) is 1. The Bertz CT molecular complexity index is 1120. The van der Waals surface area contributed by atoms with E-state index in [2.05, 4.69) is 28.7 Å². The molecule has 0 saturated carbocycles. The Hall–Kier alpha value is -3.04. The summed E-state index contributed by atoms with van der Waals surface area (Å²) in [5.41, 5.74) is 2.88. The lowest BCUT2D eigenvalue weighted by Gasteiger charge is -2.05. The SMILES string of the molecule is CNS(=O)(=O)c1ccc(CCC(=O)OCc2nc(-c3ccc(C(C)C)cc3)no2)cc1. The molecule has 0 aliphatic rings. The van der Waals surface area contributed by atoms with Crippen molar-refractivity contribution in [3.8, 4) is 11.4 Å². The van der Waals surface area contributed by atoms with Crippen molar-refractivity contribution >= 4 is 16.0 Å². The fourth-order valence-electron chi connectivity index (χ4n) is 2.86. The molecular formula is C22H25N3O5S. The van der Waals surface area contributed by atoms with Crippen LogP contribution in [0.5, 0.6) is 0 Å². The highest BCUT2D eigenvalue weighted by atomic mass is 32.2. The molecule has 0 unspecified atom stereocenters. The van der Waals surface area contributed by atoms with Crippen LogP contribution in [0.2, 0.25) is 0 Å². The molecule has 0 saturated heterocycles. The van der Waals surface area contributed by atoms with E-state index in [4.69, 9.17) is 9.26 Å². The first kappa shape index (κ1) is 22.6. The third kappa shape index (κ3) is 5.99. The molecule has 0 radical (unpaired) electrons. The van der Waals surface area contributed by atoms with E-state index in [1.807, 2.05) is 24.3 Å². The minimum Gasteiger partial charge on any atom is -0.456 e. The van der Waals surface area contributed by atoms with E-state index in [9.17, 15) is 13.2 Å². The maximum Gasteiger partial charge on any atom is 0.306 e. The van der Waals surface area contributed by atoms with Gasteiger partial charge in [0, 0.05) is 12.0 Å². The molecule has 0 fully saturated rings. The van der Waals surface area contributed by atoms with Crippen LogP contribution in [0.3, 0.4) is 0 Å². The Balaban J connectivity index is 1.49. The van der Waals surface area contributed by atoms with Crippen LogP contribution in [0.25, 0.3) is 11.4 Å². The van der Waals surface area contributed by atoms with Gasteiger partial charge in [0.1, 0.15) is 0 Å². The minimum atomic E-state index is -3.47. The number of carbonyl (C=O) groups is 1. The lowest BCUT2D eigenvalue weighted by molar-refractivity contribution is -0.145. The molecule has 1 N–H and O–H groups in total. The van der Waals surface area contributed by atoms with Gasteiger partial charge < -0.3 is 9.26 Å². The largest absolute Gasteiger partial charge is 0.456 e. The Kier molecular flexibility index (Phi) is 7.19. The van der Waals surface area contributed by atoms with Crippen LogP contribution in [0.15, 0.2) is 57.9 Å².